The Labute approximate surface area is 151 Å². The number of nitro benzene ring substituents is 1. The van der Waals surface area contributed by atoms with Gasteiger partial charge >= 0.3 is 6.03 Å². The molecule has 8 nitrogen and oxygen atoms in total. The largest absolute Gasteiger partial charge is 0.347 e. The number of nitrogens with zero attached hydrogens (tertiary/aromatic N) is 1. The van der Waals surface area contributed by atoms with Crippen LogP contribution in [0.1, 0.15) is 48.9 Å². The number of nitro groups is 1. The second-order valence-corrected chi connectivity index (χ2v) is 7.07. The summed E-state index contributed by atoms with van der Waals surface area (Å²) >= 11 is 0. The molecule has 2 saturated carbocycles. The number of nitrogens with one attached hydrogen (secondary N) is 3. The molecule has 1 aromatic carbocycles. The lowest BCUT2D eigenvalue weighted by atomic mass is 9.90. The average Bonchev–Trinajstić information content (AvgIpc) is 3.46. The van der Waals surface area contributed by atoms with Crippen LogP contribution in [-0.4, -0.2) is 35.5 Å². The maximum atomic E-state index is 12.4. The van der Waals surface area contributed by atoms with E-state index >= 15 is 0 Å². The second-order valence-electron chi connectivity index (χ2n) is 7.07. The van der Waals surface area contributed by atoms with Gasteiger partial charge in [-0.2, -0.15) is 0 Å². The number of carbonyl (C=O) groups is 2. The van der Waals surface area contributed by atoms with Crippen LogP contribution in [0.5, 0.6) is 0 Å². The third kappa shape index (κ3) is 4.93. The molecule has 0 saturated heterocycles. The Bertz CT molecular complexity index is 672. The van der Waals surface area contributed by atoms with E-state index in [1.165, 1.54) is 37.1 Å². The van der Waals surface area contributed by atoms with Crippen LogP contribution in [0.15, 0.2) is 24.3 Å². The highest BCUT2D eigenvalue weighted by molar-refractivity contribution is 5.94. The van der Waals surface area contributed by atoms with E-state index in [0.29, 0.717) is 18.0 Å². The van der Waals surface area contributed by atoms with Gasteiger partial charge in [0.05, 0.1) is 11.0 Å². The zero-order valence-corrected chi connectivity index (χ0v) is 14.6. The van der Waals surface area contributed by atoms with E-state index in [4.69, 9.17) is 0 Å². The number of urea groups is 1. The fourth-order valence-corrected chi connectivity index (χ4v) is 3.24. The molecule has 2 fully saturated rings. The average molecular weight is 360 g/mol. The summed E-state index contributed by atoms with van der Waals surface area (Å²) in [5.74, 6) is 0.335. The Hall–Kier alpha value is -2.64. The Morgan fingerprint density at radius 3 is 2.19 bits per heavy atom. The predicted molar refractivity (Wildman–Crippen MR) is 95.9 cm³/mol. The minimum absolute atomic E-state index is 0.0499. The monoisotopic (exact) mass is 360 g/mol. The van der Waals surface area contributed by atoms with E-state index in [2.05, 4.69) is 16.0 Å². The van der Waals surface area contributed by atoms with E-state index in [0.717, 1.165) is 25.7 Å². The molecular weight excluding hydrogens is 336 g/mol. The molecule has 0 bridgehead atoms. The van der Waals surface area contributed by atoms with Crippen molar-refractivity contribution in [2.75, 3.05) is 6.54 Å². The summed E-state index contributed by atoms with van der Waals surface area (Å²) in [4.78, 5) is 34.7. The number of amides is 3. The van der Waals surface area contributed by atoms with Crippen LogP contribution in [0.2, 0.25) is 0 Å². The van der Waals surface area contributed by atoms with Gasteiger partial charge in [0.15, 0.2) is 0 Å². The first-order valence-corrected chi connectivity index (χ1v) is 9.12. The van der Waals surface area contributed by atoms with Crippen molar-refractivity contribution in [3.8, 4) is 0 Å². The lowest BCUT2D eigenvalue weighted by Crippen LogP contribution is -2.55. The van der Waals surface area contributed by atoms with Gasteiger partial charge in [0.25, 0.3) is 11.6 Å². The van der Waals surface area contributed by atoms with Crippen molar-refractivity contribution < 1.29 is 14.5 Å². The summed E-state index contributed by atoms with van der Waals surface area (Å²) in [7, 11) is 0. The minimum atomic E-state index is -0.497. The van der Waals surface area contributed by atoms with E-state index in [9.17, 15) is 19.7 Å². The Balaban J connectivity index is 1.55. The molecule has 3 amide bonds. The quantitative estimate of drug-likeness (QED) is 0.534. The van der Waals surface area contributed by atoms with Crippen molar-refractivity contribution in [1.29, 1.82) is 0 Å². The lowest BCUT2D eigenvalue weighted by Gasteiger charge is -2.32. The van der Waals surface area contributed by atoms with E-state index in [1.54, 1.807) is 0 Å². The molecule has 3 rings (SSSR count). The van der Waals surface area contributed by atoms with Gasteiger partial charge in [0.1, 0.15) is 0 Å². The first-order chi connectivity index (χ1) is 12.5. The van der Waals surface area contributed by atoms with Crippen LogP contribution < -0.4 is 16.0 Å². The van der Waals surface area contributed by atoms with Crippen molar-refractivity contribution >= 4 is 17.6 Å². The third-order valence-electron chi connectivity index (χ3n) is 4.99. The second kappa shape index (κ2) is 8.16. The fourth-order valence-electron chi connectivity index (χ4n) is 3.24. The van der Waals surface area contributed by atoms with E-state index in [-0.39, 0.29) is 29.7 Å². The van der Waals surface area contributed by atoms with Gasteiger partial charge in [-0.05, 0) is 43.7 Å². The highest BCUT2D eigenvalue weighted by Gasteiger charge is 2.29. The molecule has 0 aromatic heterocycles. The van der Waals surface area contributed by atoms with Crippen LogP contribution in [0.4, 0.5) is 10.5 Å². The third-order valence-corrected chi connectivity index (χ3v) is 4.99. The summed E-state index contributed by atoms with van der Waals surface area (Å²) in [5.41, 5.74) is 0.323. The first kappa shape index (κ1) is 18.2. The van der Waals surface area contributed by atoms with Crippen LogP contribution >= 0.6 is 0 Å². The molecule has 2 aliphatic carbocycles. The minimum Gasteiger partial charge on any atom is -0.347 e. The summed E-state index contributed by atoms with van der Waals surface area (Å²) in [6.45, 7) is 0.707. The Morgan fingerprint density at radius 1 is 1.00 bits per heavy atom. The molecule has 140 valence electrons. The standard InChI is InChI=1S/C18H24N4O4/c23-17(13-7-9-14(10-8-13)22(25)26)20-15-3-1-2-4-16(15)21-18(24)19-11-12-5-6-12/h7-10,12,15-16H,1-6,11H2,(H,20,23)(H2,19,21,24). The van der Waals surface area contributed by atoms with E-state index < -0.39 is 4.92 Å². The molecule has 8 heteroatoms. The van der Waals surface area contributed by atoms with E-state index in [1.807, 2.05) is 0 Å². The van der Waals surface area contributed by atoms with Crippen molar-refractivity contribution in [2.24, 2.45) is 5.92 Å². The summed E-state index contributed by atoms with van der Waals surface area (Å²) < 4.78 is 0. The molecule has 26 heavy (non-hydrogen) atoms. The van der Waals surface area contributed by atoms with Gasteiger partial charge in [-0.25, -0.2) is 4.79 Å². The molecular formula is C18H24N4O4. The molecule has 0 spiro atoms. The fraction of sp³-hybridized carbons (Fsp3) is 0.556. The summed E-state index contributed by atoms with van der Waals surface area (Å²) in [5, 5.41) is 19.5. The van der Waals surface area contributed by atoms with Gasteiger partial charge in [-0.3, -0.25) is 14.9 Å². The topological polar surface area (TPSA) is 113 Å². The maximum Gasteiger partial charge on any atom is 0.315 e. The molecule has 2 unspecified atom stereocenters. The van der Waals surface area contributed by atoms with Gasteiger partial charge in [0.2, 0.25) is 0 Å². The SMILES string of the molecule is O=C(NCC1CC1)NC1CCCCC1NC(=O)c1ccc([N+](=O)[O-])cc1. The predicted octanol–water partition coefficient (Wildman–Crippen LogP) is 2.34. The number of hydrogen-bond acceptors (Lipinski definition) is 4. The molecule has 3 N–H and O–H groups in total. The number of rotatable bonds is 6. The molecule has 0 heterocycles. The maximum absolute atomic E-state index is 12.4. The number of benzene rings is 1. The van der Waals surface area contributed by atoms with Crippen LogP contribution in [0.25, 0.3) is 0 Å². The first-order valence-electron chi connectivity index (χ1n) is 9.12. The Morgan fingerprint density at radius 2 is 1.62 bits per heavy atom. The van der Waals surface area contributed by atoms with Crippen molar-refractivity contribution in [3.05, 3.63) is 39.9 Å². The number of carbonyl (C=O) groups excluding carboxylic acids is 2. The molecule has 2 aliphatic rings. The number of hydrogen-bond donors (Lipinski definition) is 3. The molecule has 2 atom stereocenters. The van der Waals surface area contributed by atoms with Gasteiger partial charge in [0, 0.05) is 30.3 Å². The van der Waals surface area contributed by atoms with Crippen molar-refractivity contribution in [2.45, 2.75) is 50.6 Å². The summed E-state index contributed by atoms with van der Waals surface area (Å²) in [6, 6.07) is 5.09. The zero-order valence-electron chi connectivity index (χ0n) is 14.6. The van der Waals surface area contributed by atoms with Crippen LogP contribution in [-0.2, 0) is 0 Å². The van der Waals surface area contributed by atoms with Crippen molar-refractivity contribution in [3.63, 3.8) is 0 Å². The van der Waals surface area contributed by atoms with Crippen LogP contribution in [0, 0.1) is 16.0 Å². The van der Waals surface area contributed by atoms with Gasteiger partial charge in [-0.15, -0.1) is 0 Å². The Kier molecular flexibility index (Phi) is 5.70. The highest BCUT2D eigenvalue weighted by Crippen LogP contribution is 2.27. The van der Waals surface area contributed by atoms with Gasteiger partial charge in [-0.1, -0.05) is 12.8 Å². The molecule has 0 aliphatic heterocycles. The normalized spacial score (nSPS) is 22.3. The van der Waals surface area contributed by atoms with Crippen molar-refractivity contribution in [1.82, 2.24) is 16.0 Å². The zero-order chi connectivity index (χ0) is 18.5. The smallest absolute Gasteiger partial charge is 0.315 e. The molecule has 1 aromatic rings. The highest BCUT2D eigenvalue weighted by atomic mass is 16.6. The molecule has 0 radical (unpaired) electrons. The number of non-ortho nitro benzene ring substituents is 1. The van der Waals surface area contributed by atoms with Gasteiger partial charge < -0.3 is 16.0 Å². The summed E-state index contributed by atoms with van der Waals surface area (Å²) in [6.07, 6.45) is 5.98. The lowest BCUT2D eigenvalue weighted by molar-refractivity contribution is -0.384. The van der Waals surface area contributed by atoms with Crippen LogP contribution in [0.3, 0.4) is 0 Å².